The van der Waals surface area contributed by atoms with Crippen molar-refractivity contribution in [2.75, 3.05) is 13.2 Å². The zero-order chi connectivity index (χ0) is 11.1. The molecule has 1 atom stereocenters. The Morgan fingerprint density at radius 1 is 1.43 bits per heavy atom. The monoisotopic (exact) mass is 203 g/mol. The van der Waals surface area contributed by atoms with Gasteiger partial charge in [0.25, 0.3) is 0 Å². The lowest BCUT2D eigenvalue weighted by atomic mass is 10.3. The Hall–Kier alpha value is -1.63. The highest BCUT2D eigenvalue weighted by Crippen LogP contribution is 1.82. The third-order valence-corrected chi connectivity index (χ3v) is 1.28. The summed E-state index contributed by atoms with van der Waals surface area (Å²) in [7, 11) is 0. The van der Waals surface area contributed by atoms with Gasteiger partial charge in [0.05, 0.1) is 19.1 Å². The summed E-state index contributed by atoms with van der Waals surface area (Å²) in [5.41, 5.74) is 0. The Morgan fingerprint density at radius 2 is 2.00 bits per heavy atom. The molecule has 14 heavy (non-hydrogen) atoms. The molecule has 0 radical (unpaired) electrons. The largest absolute Gasteiger partial charge is 0.548 e. The molecule has 80 valence electrons. The van der Waals surface area contributed by atoms with E-state index in [-0.39, 0.29) is 0 Å². The number of hydrogen-bond donors (Lipinski definition) is 3. The molecule has 0 heterocycles. The second kappa shape index (κ2) is 5.92. The van der Waals surface area contributed by atoms with Gasteiger partial charge in [0.1, 0.15) is 6.04 Å². The fraction of sp³-hybridized carbons (Fsp3) is 0.571. The van der Waals surface area contributed by atoms with Crippen LogP contribution >= 0.6 is 0 Å². The summed E-state index contributed by atoms with van der Waals surface area (Å²) in [6.45, 7) is -0.0813. The number of amides is 2. The van der Waals surface area contributed by atoms with Crippen LogP contribution in [-0.2, 0) is 14.4 Å². The molecule has 3 N–H and O–H groups in total. The zero-order valence-electron chi connectivity index (χ0n) is 7.57. The third kappa shape index (κ3) is 5.09. The molecule has 0 saturated heterocycles. The van der Waals surface area contributed by atoms with Crippen molar-refractivity contribution in [1.82, 2.24) is 10.6 Å². The molecule has 0 aromatic rings. The number of nitrogens with one attached hydrogen (secondary N) is 2. The molecule has 0 aromatic carbocycles. The van der Waals surface area contributed by atoms with Crippen molar-refractivity contribution in [3.63, 3.8) is 0 Å². The van der Waals surface area contributed by atoms with Gasteiger partial charge in [-0.2, -0.15) is 0 Å². The van der Waals surface area contributed by atoms with Crippen molar-refractivity contribution in [3.05, 3.63) is 0 Å². The summed E-state index contributed by atoms with van der Waals surface area (Å²) >= 11 is 0. The van der Waals surface area contributed by atoms with Crippen LogP contribution in [0.25, 0.3) is 0 Å². The summed E-state index contributed by atoms with van der Waals surface area (Å²) in [6.07, 6.45) is 0. The van der Waals surface area contributed by atoms with Crippen molar-refractivity contribution in [2.45, 2.75) is 13.0 Å². The van der Waals surface area contributed by atoms with Gasteiger partial charge in [-0.3, -0.25) is 9.59 Å². The number of aliphatic carboxylic acids is 1. The molecule has 0 aliphatic heterocycles. The molecule has 0 fully saturated rings. The summed E-state index contributed by atoms with van der Waals surface area (Å²) < 4.78 is 0. The summed E-state index contributed by atoms with van der Waals surface area (Å²) in [5, 5.41) is 22.7. The van der Waals surface area contributed by atoms with Gasteiger partial charge in [0.15, 0.2) is 0 Å². The molecule has 0 rings (SSSR count). The van der Waals surface area contributed by atoms with Gasteiger partial charge < -0.3 is 25.6 Å². The van der Waals surface area contributed by atoms with E-state index in [4.69, 9.17) is 5.11 Å². The average molecular weight is 203 g/mol. The van der Waals surface area contributed by atoms with Gasteiger partial charge in [0, 0.05) is 6.92 Å². The van der Waals surface area contributed by atoms with Crippen molar-refractivity contribution < 1.29 is 24.6 Å². The Balaban J connectivity index is 4.04. The van der Waals surface area contributed by atoms with E-state index in [1.54, 1.807) is 0 Å². The van der Waals surface area contributed by atoms with E-state index < -0.39 is 37.0 Å². The fourth-order valence-electron chi connectivity index (χ4n) is 0.722. The topological polar surface area (TPSA) is 119 Å². The maximum Gasteiger partial charge on any atom is 0.245 e. The number of carbonyl (C=O) groups excluding carboxylic acids is 3. The summed E-state index contributed by atoms with van der Waals surface area (Å²) in [5.74, 6) is -2.71. The molecule has 0 aliphatic carbocycles. The Bertz CT molecular complexity index is 240. The number of aliphatic hydroxyl groups is 1. The second-order valence-electron chi connectivity index (χ2n) is 2.53. The number of rotatable bonds is 5. The normalized spacial score (nSPS) is 11.6. The van der Waals surface area contributed by atoms with Gasteiger partial charge >= 0.3 is 0 Å². The molecule has 0 aliphatic rings. The zero-order valence-corrected chi connectivity index (χ0v) is 7.57. The Labute approximate surface area is 80.1 Å². The fourth-order valence-corrected chi connectivity index (χ4v) is 0.722. The van der Waals surface area contributed by atoms with Crippen LogP contribution in [-0.4, -0.2) is 42.1 Å². The Morgan fingerprint density at radius 3 is 2.36 bits per heavy atom. The van der Waals surface area contributed by atoms with Crippen LogP contribution in [0.5, 0.6) is 0 Å². The minimum absolute atomic E-state index is 0.493. The molecule has 0 saturated carbocycles. The SMILES string of the molecule is CC(=O)N[C@@H](CO)C(=O)NCC(=O)[O-]. The number of carbonyl (C=O) groups is 3. The molecule has 7 heteroatoms. The minimum atomic E-state index is -1.45. The van der Waals surface area contributed by atoms with Crippen molar-refractivity contribution in [3.8, 4) is 0 Å². The number of carboxylic acids is 1. The molecular weight excluding hydrogens is 192 g/mol. The lowest BCUT2D eigenvalue weighted by Crippen LogP contribution is -2.50. The summed E-state index contributed by atoms with van der Waals surface area (Å²) in [6, 6.07) is -1.13. The first-order valence-electron chi connectivity index (χ1n) is 3.83. The lowest BCUT2D eigenvalue weighted by molar-refractivity contribution is -0.304. The maximum atomic E-state index is 11.0. The minimum Gasteiger partial charge on any atom is -0.548 e. The van der Waals surface area contributed by atoms with Crippen LogP contribution in [0.4, 0.5) is 0 Å². The quantitative estimate of drug-likeness (QED) is 0.425. The van der Waals surface area contributed by atoms with E-state index in [9.17, 15) is 19.5 Å². The highest BCUT2D eigenvalue weighted by molar-refractivity contribution is 5.88. The molecule has 0 unspecified atom stereocenters. The predicted molar refractivity (Wildman–Crippen MR) is 42.7 cm³/mol. The molecule has 0 spiro atoms. The highest BCUT2D eigenvalue weighted by Gasteiger charge is 2.17. The number of carboxylic acid groups (broad SMARTS) is 1. The van der Waals surface area contributed by atoms with Gasteiger partial charge in [-0.25, -0.2) is 0 Å². The number of aliphatic hydroxyl groups excluding tert-OH is 1. The van der Waals surface area contributed by atoms with Crippen LogP contribution < -0.4 is 15.7 Å². The Kier molecular flexibility index (Phi) is 5.23. The van der Waals surface area contributed by atoms with Gasteiger partial charge in [-0.05, 0) is 0 Å². The number of hydrogen-bond acceptors (Lipinski definition) is 5. The van der Waals surface area contributed by atoms with Crippen LogP contribution in [0, 0.1) is 0 Å². The predicted octanol–water partition coefficient (Wildman–Crippen LogP) is -3.65. The average Bonchev–Trinajstić information content (AvgIpc) is 2.09. The maximum absolute atomic E-state index is 11.0. The second-order valence-corrected chi connectivity index (χ2v) is 2.53. The van der Waals surface area contributed by atoms with Crippen LogP contribution in [0.1, 0.15) is 6.92 Å². The first-order chi connectivity index (χ1) is 6.47. The molecule has 0 bridgehead atoms. The molecule has 7 nitrogen and oxygen atoms in total. The standard InChI is InChI=1S/C7H12N2O5/c1-4(11)9-5(3-10)7(14)8-2-6(12)13/h5,10H,2-3H2,1H3,(H,8,14)(H,9,11)(H,12,13)/p-1/t5-/m0/s1. The van der Waals surface area contributed by atoms with Crippen LogP contribution in [0.2, 0.25) is 0 Å². The van der Waals surface area contributed by atoms with E-state index in [1.165, 1.54) is 6.92 Å². The van der Waals surface area contributed by atoms with Gasteiger partial charge in [-0.15, -0.1) is 0 Å². The van der Waals surface area contributed by atoms with Crippen molar-refractivity contribution >= 4 is 17.8 Å². The summed E-state index contributed by atoms with van der Waals surface area (Å²) in [4.78, 5) is 31.5. The highest BCUT2D eigenvalue weighted by atomic mass is 16.4. The first kappa shape index (κ1) is 12.4. The van der Waals surface area contributed by atoms with E-state index in [1.807, 2.05) is 5.32 Å². The van der Waals surface area contributed by atoms with Crippen LogP contribution in [0.3, 0.4) is 0 Å². The van der Waals surface area contributed by atoms with Crippen LogP contribution in [0.15, 0.2) is 0 Å². The molecular formula is C7H11N2O5-. The van der Waals surface area contributed by atoms with Crippen molar-refractivity contribution in [1.29, 1.82) is 0 Å². The molecule has 2 amide bonds. The van der Waals surface area contributed by atoms with Gasteiger partial charge in [-0.1, -0.05) is 0 Å². The van der Waals surface area contributed by atoms with Crippen molar-refractivity contribution in [2.24, 2.45) is 0 Å². The van der Waals surface area contributed by atoms with E-state index >= 15 is 0 Å². The third-order valence-electron chi connectivity index (χ3n) is 1.28. The van der Waals surface area contributed by atoms with E-state index in [2.05, 4.69) is 5.32 Å². The van der Waals surface area contributed by atoms with Gasteiger partial charge in [0.2, 0.25) is 11.8 Å². The smallest absolute Gasteiger partial charge is 0.245 e. The first-order valence-corrected chi connectivity index (χ1v) is 3.83. The lowest BCUT2D eigenvalue weighted by Gasteiger charge is -2.14. The van der Waals surface area contributed by atoms with E-state index in [0.29, 0.717) is 0 Å². The van der Waals surface area contributed by atoms with E-state index in [0.717, 1.165) is 0 Å². The molecule has 0 aromatic heterocycles.